The first kappa shape index (κ1) is 13.3. The van der Waals surface area contributed by atoms with Gasteiger partial charge >= 0.3 is 0 Å². The summed E-state index contributed by atoms with van der Waals surface area (Å²) in [5.74, 6) is -1.16. The molecule has 2 aromatic rings. The van der Waals surface area contributed by atoms with Crippen LogP contribution in [0.1, 0.15) is 0 Å². The van der Waals surface area contributed by atoms with Gasteiger partial charge in [-0.2, -0.15) is 0 Å². The number of nitrogens with zero attached hydrogens (tertiary/aromatic N) is 2. The minimum absolute atomic E-state index is 0.265. The van der Waals surface area contributed by atoms with Crippen molar-refractivity contribution >= 4 is 28.5 Å². The lowest BCUT2D eigenvalue weighted by Gasteiger charge is -2.42. The molecule has 1 aromatic carbocycles. The van der Waals surface area contributed by atoms with Gasteiger partial charge in [0.2, 0.25) is 11.6 Å². The van der Waals surface area contributed by atoms with Gasteiger partial charge in [0.15, 0.2) is 5.58 Å². The second kappa shape index (κ2) is 4.69. The van der Waals surface area contributed by atoms with Crippen LogP contribution in [0.2, 0.25) is 0 Å². The predicted molar refractivity (Wildman–Crippen MR) is 73.3 cm³/mol. The molecule has 0 bridgehead atoms. The number of aromatic nitrogens is 1. The molecule has 0 spiro atoms. The molecule has 0 radical (unpaired) electrons. The second-order valence-corrected chi connectivity index (χ2v) is 4.90. The summed E-state index contributed by atoms with van der Waals surface area (Å²) in [6.45, 7) is 2.79. The van der Waals surface area contributed by atoms with Crippen LogP contribution >= 0.6 is 0 Å². The van der Waals surface area contributed by atoms with E-state index in [0.29, 0.717) is 16.7 Å². The SMILES string of the molecule is C=CC(=O)N1CC(F)(C(=O)Nc2ccc3oncc3c2)C1. The van der Waals surface area contributed by atoms with E-state index in [1.807, 2.05) is 0 Å². The molecule has 1 aliphatic rings. The van der Waals surface area contributed by atoms with E-state index in [-0.39, 0.29) is 19.0 Å². The summed E-state index contributed by atoms with van der Waals surface area (Å²) in [5, 5.41) is 6.82. The molecule has 1 N–H and O–H groups in total. The first-order valence-electron chi connectivity index (χ1n) is 6.28. The van der Waals surface area contributed by atoms with Crippen molar-refractivity contribution in [2.45, 2.75) is 5.67 Å². The minimum Gasteiger partial charge on any atom is -0.356 e. The summed E-state index contributed by atoms with van der Waals surface area (Å²) < 4.78 is 19.3. The smallest absolute Gasteiger partial charge is 0.265 e. The molecule has 108 valence electrons. The van der Waals surface area contributed by atoms with Crippen LogP contribution in [-0.2, 0) is 9.59 Å². The van der Waals surface area contributed by atoms with Crippen LogP contribution in [0.15, 0.2) is 41.6 Å². The zero-order chi connectivity index (χ0) is 15.0. The van der Waals surface area contributed by atoms with Gasteiger partial charge in [-0.25, -0.2) is 4.39 Å². The topological polar surface area (TPSA) is 75.4 Å². The van der Waals surface area contributed by atoms with E-state index in [1.54, 1.807) is 18.2 Å². The highest BCUT2D eigenvalue weighted by molar-refractivity contribution is 6.01. The zero-order valence-electron chi connectivity index (χ0n) is 11.0. The van der Waals surface area contributed by atoms with Crippen LogP contribution in [0.5, 0.6) is 0 Å². The Kier molecular flexibility index (Phi) is 2.97. The highest BCUT2D eigenvalue weighted by Crippen LogP contribution is 2.28. The number of anilines is 1. The second-order valence-electron chi connectivity index (χ2n) is 4.90. The summed E-state index contributed by atoms with van der Waals surface area (Å²) >= 11 is 0. The number of likely N-dealkylation sites (tertiary alicyclic amines) is 1. The number of nitrogens with one attached hydrogen (secondary N) is 1. The molecule has 1 fully saturated rings. The van der Waals surface area contributed by atoms with Crippen molar-refractivity contribution in [3.63, 3.8) is 0 Å². The van der Waals surface area contributed by atoms with Crippen molar-refractivity contribution in [1.29, 1.82) is 0 Å². The molecule has 0 aliphatic carbocycles. The van der Waals surface area contributed by atoms with E-state index < -0.39 is 11.6 Å². The number of alkyl halides is 1. The summed E-state index contributed by atoms with van der Waals surface area (Å²) in [6, 6.07) is 4.87. The van der Waals surface area contributed by atoms with Gasteiger partial charge in [0.25, 0.3) is 5.91 Å². The van der Waals surface area contributed by atoms with Gasteiger partial charge in [0.05, 0.1) is 19.3 Å². The van der Waals surface area contributed by atoms with Crippen LogP contribution in [-0.4, -0.2) is 40.6 Å². The summed E-state index contributed by atoms with van der Waals surface area (Å²) in [5.41, 5.74) is -1.04. The maximum Gasteiger partial charge on any atom is 0.265 e. The van der Waals surface area contributed by atoms with Crippen molar-refractivity contribution in [3.05, 3.63) is 37.1 Å². The Labute approximate surface area is 119 Å². The van der Waals surface area contributed by atoms with Crippen LogP contribution in [0.25, 0.3) is 11.0 Å². The van der Waals surface area contributed by atoms with Crippen LogP contribution in [0.4, 0.5) is 10.1 Å². The molecule has 7 heteroatoms. The fourth-order valence-electron chi connectivity index (χ4n) is 2.18. The third-order valence-corrected chi connectivity index (χ3v) is 3.39. The van der Waals surface area contributed by atoms with Crippen molar-refractivity contribution < 1.29 is 18.5 Å². The normalized spacial score (nSPS) is 16.3. The minimum atomic E-state index is -2.07. The molecule has 2 amide bonds. The van der Waals surface area contributed by atoms with Gasteiger partial charge in [-0.1, -0.05) is 11.7 Å². The predicted octanol–water partition coefficient (Wildman–Crippen LogP) is 1.50. The molecule has 2 heterocycles. The highest BCUT2D eigenvalue weighted by Gasteiger charge is 2.51. The summed E-state index contributed by atoms with van der Waals surface area (Å²) in [4.78, 5) is 24.4. The number of benzene rings is 1. The molecule has 3 rings (SSSR count). The Morgan fingerprint density at radius 1 is 1.48 bits per heavy atom. The number of carbonyl (C=O) groups excluding carboxylic acids is 2. The summed E-state index contributed by atoms with van der Waals surface area (Å²) in [7, 11) is 0. The third kappa shape index (κ3) is 2.26. The molecular weight excluding hydrogens is 277 g/mol. The highest BCUT2D eigenvalue weighted by atomic mass is 19.1. The zero-order valence-corrected chi connectivity index (χ0v) is 11.0. The molecule has 0 atom stereocenters. The lowest BCUT2D eigenvalue weighted by Crippen LogP contribution is -2.65. The Bertz CT molecular complexity index is 734. The number of hydrogen-bond acceptors (Lipinski definition) is 4. The van der Waals surface area contributed by atoms with Crippen molar-refractivity contribution in [3.8, 4) is 0 Å². The van der Waals surface area contributed by atoms with Crippen molar-refractivity contribution in [2.24, 2.45) is 0 Å². The van der Waals surface area contributed by atoms with Crippen LogP contribution in [0.3, 0.4) is 0 Å². The van der Waals surface area contributed by atoms with E-state index in [4.69, 9.17) is 4.52 Å². The van der Waals surface area contributed by atoms with E-state index in [2.05, 4.69) is 17.1 Å². The van der Waals surface area contributed by atoms with E-state index in [1.165, 1.54) is 11.1 Å². The first-order valence-corrected chi connectivity index (χ1v) is 6.28. The van der Waals surface area contributed by atoms with Gasteiger partial charge in [-0.3, -0.25) is 9.59 Å². The van der Waals surface area contributed by atoms with Gasteiger partial charge in [-0.15, -0.1) is 0 Å². The number of hydrogen-bond donors (Lipinski definition) is 1. The largest absolute Gasteiger partial charge is 0.356 e. The lowest BCUT2D eigenvalue weighted by atomic mass is 9.95. The quantitative estimate of drug-likeness (QED) is 0.869. The number of halogens is 1. The number of carbonyl (C=O) groups is 2. The van der Waals surface area contributed by atoms with Crippen molar-refractivity contribution in [2.75, 3.05) is 18.4 Å². The Morgan fingerprint density at radius 3 is 2.95 bits per heavy atom. The molecule has 1 saturated heterocycles. The molecule has 21 heavy (non-hydrogen) atoms. The Hall–Kier alpha value is -2.70. The maximum atomic E-state index is 14.3. The Balaban J connectivity index is 1.69. The monoisotopic (exact) mass is 289 g/mol. The van der Waals surface area contributed by atoms with E-state index in [0.717, 1.165) is 6.08 Å². The molecule has 0 unspecified atom stereocenters. The van der Waals surface area contributed by atoms with E-state index in [9.17, 15) is 14.0 Å². The molecular formula is C14H12FN3O3. The van der Waals surface area contributed by atoms with Gasteiger partial charge in [-0.05, 0) is 24.3 Å². The molecule has 0 saturated carbocycles. The third-order valence-electron chi connectivity index (χ3n) is 3.39. The van der Waals surface area contributed by atoms with Crippen LogP contribution < -0.4 is 5.32 Å². The Morgan fingerprint density at radius 2 is 2.24 bits per heavy atom. The standard InChI is InChI=1S/C14H12FN3O3/c1-2-12(19)18-7-14(15,8-18)13(20)17-10-3-4-11-9(5-10)6-16-21-11/h2-6H,1,7-8H2,(H,17,20). The number of rotatable bonds is 3. The number of amides is 2. The van der Waals surface area contributed by atoms with Crippen molar-refractivity contribution in [1.82, 2.24) is 10.1 Å². The van der Waals surface area contributed by atoms with E-state index >= 15 is 0 Å². The average molecular weight is 289 g/mol. The van der Waals surface area contributed by atoms with Crippen LogP contribution in [0, 0.1) is 0 Å². The maximum absolute atomic E-state index is 14.3. The lowest BCUT2D eigenvalue weighted by molar-refractivity contribution is -0.150. The summed E-state index contributed by atoms with van der Waals surface area (Å²) in [6.07, 6.45) is 2.60. The van der Waals surface area contributed by atoms with Gasteiger partial charge in [0.1, 0.15) is 0 Å². The first-order chi connectivity index (χ1) is 10.0. The van der Waals surface area contributed by atoms with Gasteiger partial charge in [0, 0.05) is 11.1 Å². The molecule has 6 nitrogen and oxygen atoms in total. The fourth-order valence-corrected chi connectivity index (χ4v) is 2.18. The molecule has 1 aromatic heterocycles. The average Bonchev–Trinajstić information content (AvgIpc) is 2.90. The molecule has 1 aliphatic heterocycles. The van der Waals surface area contributed by atoms with Gasteiger partial charge < -0.3 is 14.7 Å². The fraction of sp³-hybridized carbons (Fsp3) is 0.214. The number of fused-ring (bicyclic) bond motifs is 1.